The highest BCUT2D eigenvalue weighted by molar-refractivity contribution is 7.89. The van der Waals surface area contributed by atoms with Crippen LogP contribution >= 0.6 is 11.6 Å². The second-order valence-corrected chi connectivity index (χ2v) is 6.50. The second kappa shape index (κ2) is 6.10. The summed E-state index contributed by atoms with van der Waals surface area (Å²) in [5.74, 6) is -0.559. The average molecular weight is 333 g/mol. The summed E-state index contributed by atoms with van der Waals surface area (Å²) in [6.45, 7) is 1.72. The standard InChI is InChI=1S/C12H14ClFN4O2S/c1-7-9(5-15)12(18-17-7)21(19,20)16-6-8-2-3-11(14)10(13)4-8/h2-4,16H,5-6,15H2,1H3,(H,17,18). The molecule has 4 N–H and O–H groups in total. The molecule has 0 spiro atoms. The van der Waals surface area contributed by atoms with Gasteiger partial charge in [-0.25, -0.2) is 17.5 Å². The van der Waals surface area contributed by atoms with Crippen molar-refractivity contribution < 1.29 is 12.8 Å². The second-order valence-electron chi connectivity index (χ2n) is 4.41. The Bertz CT molecular complexity index is 761. The predicted molar refractivity (Wildman–Crippen MR) is 76.7 cm³/mol. The van der Waals surface area contributed by atoms with Gasteiger partial charge in [-0.2, -0.15) is 5.10 Å². The molecule has 0 aliphatic heterocycles. The van der Waals surface area contributed by atoms with Crippen molar-refractivity contribution in [2.75, 3.05) is 0 Å². The fourth-order valence-electron chi connectivity index (χ4n) is 1.79. The number of aryl methyl sites for hydroxylation is 1. The minimum absolute atomic E-state index is 0.0295. The summed E-state index contributed by atoms with van der Waals surface area (Å²) in [4.78, 5) is 0. The molecular formula is C12H14ClFN4O2S. The van der Waals surface area contributed by atoms with E-state index in [0.717, 1.165) is 0 Å². The first-order valence-electron chi connectivity index (χ1n) is 6.02. The molecule has 0 aliphatic carbocycles. The van der Waals surface area contributed by atoms with Crippen LogP contribution in [0.15, 0.2) is 23.2 Å². The molecule has 9 heteroatoms. The van der Waals surface area contributed by atoms with E-state index in [1.807, 2.05) is 0 Å². The van der Waals surface area contributed by atoms with Crippen molar-refractivity contribution in [1.82, 2.24) is 14.9 Å². The first-order chi connectivity index (χ1) is 9.85. The molecule has 0 amide bonds. The Balaban J connectivity index is 2.19. The lowest BCUT2D eigenvalue weighted by Gasteiger charge is -2.07. The van der Waals surface area contributed by atoms with Crippen molar-refractivity contribution in [1.29, 1.82) is 0 Å². The van der Waals surface area contributed by atoms with Gasteiger partial charge >= 0.3 is 0 Å². The van der Waals surface area contributed by atoms with Crippen molar-refractivity contribution in [2.45, 2.75) is 25.0 Å². The van der Waals surface area contributed by atoms with E-state index in [0.29, 0.717) is 16.8 Å². The molecule has 6 nitrogen and oxygen atoms in total. The number of nitrogens with one attached hydrogen (secondary N) is 2. The number of benzene rings is 1. The van der Waals surface area contributed by atoms with E-state index < -0.39 is 15.8 Å². The van der Waals surface area contributed by atoms with Crippen molar-refractivity contribution in [3.8, 4) is 0 Å². The summed E-state index contributed by atoms with van der Waals surface area (Å²) in [6, 6.07) is 3.98. The largest absolute Gasteiger partial charge is 0.326 e. The highest BCUT2D eigenvalue weighted by Crippen LogP contribution is 2.18. The number of nitrogens with two attached hydrogens (primary N) is 1. The quantitative estimate of drug-likeness (QED) is 0.771. The highest BCUT2D eigenvalue weighted by atomic mass is 35.5. The molecule has 0 saturated carbocycles. The maximum Gasteiger partial charge on any atom is 0.260 e. The molecule has 2 aromatic rings. The molecule has 0 fully saturated rings. The van der Waals surface area contributed by atoms with Crippen molar-refractivity contribution >= 4 is 21.6 Å². The summed E-state index contributed by atoms with van der Waals surface area (Å²) in [5, 5.41) is 6.16. The van der Waals surface area contributed by atoms with E-state index in [1.165, 1.54) is 18.2 Å². The van der Waals surface area contributed by atoms with E-state index in [-0.39, 0.29) is 23.1 Å². The lowest BCUT2D eigenvalue weighted by molar-refractivity contribution is 0.575. The van der Waals surface area contributed by atoms with Crippen LogP contribution in [0.4, 0.5) is 4.39 Å². The third-order valence-electron chi connectivity index (χ3n) is 2.94. The van der Waals surface area contributed by atoms with Crippen LogP contribution in [0.2, 0.25) is 5.02 Å². The number of H-pyrrole nitrogens is 1. The zero-order valence-electron chi connectivity index (χ0n) is 11.2. The Morgan fingerprint density at radius 1 is 1.48 bits per heavy atom. The van der Waals surface area contributed by atoms with Crippen molar-refractivity contribution in [2.24, 2.45) is 5.73 Å². The SMILES string of the molecule is Cc1[nH]nc(S(=O)(=O)NCc2ccc(F)c(Cl)c2)c1CN. The van der Waals surface area contributed by atoms with Gasteiger partial charge in [-0.15, -0.1) is 0 Å². The van der Waals surface area contributed by atoms with Crippen LogP contribution in [0, 0.1) is 12.7 Å². The van der Waals surface area contributed by atoms with Crippen molar-refractivity contribution in [3.05, 3.63) is 45.9 Å². The minimum atomic E-state index is -3.81. The Morgan fingerprint density at radius 2 is 2.19 bits per heavy atom. The van der Waals surface area contributed by atoms with E-state index in [4.69, 9.17) is 17.3 Å². The van der Waals surface area contributed by atoms with Crippen LogP contribution < -0.4 is 10.5 Å². The first-order valence-corrected chi connectivity index (χ1v) is 7.88. The number of aromatic nitrogens is 2. The fraction of sp³-hybridized carbons (Fsp3) is 0.250. The number of rotatable bonds is 5. The maximum absolute atomic E-state index is 13.0. The summed E-state index contributed by atoms with van der Waals surface area (Å²) < 4.78 is 39.8. The smallest absolute Gasteiger partial charge is 0.260 e. The molecule has 0 unspecified atom stereocenters. The van der Waals surface area contributed by atoms with E-state index >= 15 is 0 Å². The van der Waals surface area contributed by atoms with Gasteiger partial charge in [0, 0.05) is 24.3 Å². The van der Waals surface area contributed by atoms with Gasteiger partial charge in [-0.3, -0.25) is 5.10 Å². The number of halogens is 2. The van der Waals surface area contributed by atoms with Crippen LogP contribution in [0.3, 0.4) is 0 Å². The molecule has 21 heavy (non-hydrogen) atoms. The van der Waals surface area contributed by atoms with Gasteiger partial charge in [-0.05, 0) is 24.6 Å². The fourth-order valence-corrected chi connectivity index (χ4v) is 3.21. The number of nitrogens with zero attached hydrogens (tertiary/aromatic N) is 1. The summed E-state index contributed by atoms with van der Waals surface area (Å²) in [7, 11) is -3.81. The van der Waals surface area contributed by atoms with Crippen LogP contribution in [-0.2, 0) is 23.1 Å². The Hall–Kier alpha value is -1.48. The Labute approximate surface area is 126 Å². The predicted octanol–water partition coefficient (Wildman–Crippen LogP) is 1.45. The molecule has 2 rings (SSSR count). The zero-order valence-corrected chi connectivity index (χ0v) is 12.7. The van der Waals surface area contributed by atoms with Crippen LogP contribution in [-0.4, -0.2) is 18.6 Å². The third kappa shape index (κ3) is 3.41. The molecular weight excluding hydrogens is 319 g/mol. The van der Waals surface area contributed by atoms with Crippen LogP contribution in [0.5, 0.6) is 0 Å². The Kier molecular flexibility index (Phi) is 4.62. The number of aromatic amines is 1. The molecule has 0 atom stereocenters. The molecule has 114 valence electrons. The normalized spacial score (nSPS) is 11.8. The number of sulfonamides is 1. The van der Waals surface area contributed by atoms with E-state index in [1.54, 1.807) is 6.92 Å². The number of hydrogen-bond acceptors (Lipinski definition) is 4. The maximum atomic E-state index is 13.0. The van der Waals surface area contributed by atoms with E-state index in [2.05, 4.69) is 14.9 Å². The zero-order chi connectivity index (χ0) is 15.6. The molecule has 0 saturated heterocycles. The van der Waals surface area contributed by atoms with Crippen LogP contribution in [0.25, 0.3) is 0 Å². The van der Waals surface area contributed by atoms with Gasteiger partial charge in [0.25, 0.3) is 10.0 Å². The molecule has 0 radical (unpaired) electrons. The molecule has 1 heterocycles. The monoisotopic (exact) mass is 332 g/mol. The third-order valence-corrected chi connectivity index (χ3v) is 4.61. The minimum Gasteiger partial charge on any atom is -0.326 e. The van der Waals surface area contributed by atoms with Gasteiger partial charge in [0.1, 0.15) is 5.82 Å². The summed E-state index contributed by atoms with van der Waals surface area (Å²) in [6.07, 6.45) is 0. The van der Waals surface area contributed by atoms with Gasteiger partial charge in [0.05, 0.1) is 5.02 Å². The molecule has 1 aromatic carbocycles. The van der Waals surface area contributed by atoms with Crippen molar-refractivity contribution in [3.63, 3.8) is 0 Å². The number of hydrogen-bond donors (Lipinski definition) is 3. The summed E-state index contributed by atoms with van der Waals surface area (Å²) in [5.41, 5.74) is 7.09. The van der Waals surface area contributed by atoms with Crippen LogP contribution in [0.1, 0.15) is 16.8 Å². The molecule has 0 bridgehead atoms. The highest BCUT2D eigenvalue weighted by Gasteiger charge is 2.22. The Morgan fingerprint density at radius 3 is 2.81 bits per heavy atom. The first kappa shape index (κ1) is 15.9. The van der Waals surface area contributed by atoms with E-state index in [9.17, 15) is 12.8 Å². The topological polar surface area (TPSA) is 101 Å². The summed E-state index contributed by atoms with van der Waals surface area (Å²) >= 11 is 5.65. The lowest BCUT2D eigenvalue weighted by Crippen LogP contribution is -2.25. The lowest BCUT2D eigenvalue weighted by atomic mass is 10.2. The molecule has 0 aliphatic rings. The van der Waals surface area contributed by atoms with Gasteiger partial charge < -0.3 is 5.73 Å². The van der Waals surface area contributed by atoms with Gasteiger partial charge in [0.15, 0.2) is 5.03 Å². The van der Waals surface area contributed by atoms with Gasteiger partial charge in [0.2, 0.25) is 0 Å². The average Bonchev–Trinajstić information content (AvgIpc) is 2.82. The molecule has 1 aromatic heterocycles. The van der Waals surface area contributed by atoms with Gasteiger partial charge in [-0.1, -0.05) is 17.7 Å².